The van der Waals surface area contributed by atoms with Crippen LogP contribution in [0.15, 0.2) is 54.6 Å². The Labute approximate surface area is 153 Å². The molecule has 4 N–H and O–H groups in total. The van der Waals surface area contributed by atoms with E-state index in [1.54, 1.807) is 55.5 Å². The molecular weight excluding hydrogens is 330 g/mol. The maximum atomic E-state index is 12.8. The molecule has 0 saturated carbocycles. The molecule has 0 bridgehead atoms. The number of benzene rings is 2. The minimum atomic E-state index is -1.21. The Bertz CT molecular complexity index is 732. The molecule has 0 saturated heterocycles. The van der Waals surface area contributed by atoms with Crippen molar-refractivity contribution in [1.29, 1.82) is 0 Å². The van der Waals surface area contributed by atoms with Crippen LogP contribution in [0.5, 0.6) is 0 Å². The van der Waals surface area contributed by atoms with Crippen molar-refractivity contribution in [3.8, 4) is 0 Å². The van der Waals surface area contributed by atoms with E-state index in [-0.39, 0.29) is 30.7 Å². The zero-order valence-corrected chi connectivity index (χ0v) is 14.9. The molecule has 26 heavy (non-hydrogen) atoms. The van der Waals surface area contributed by atoms with Crippen LogP contribution in [0.3, 0.4) is 0 Å². The van der Waals surface area contributed by atoms with Gasteiger partial charge in [0, 0.05) is 29.9 Å². The van der Waals surface area contributed by atoms with Gasteiger partial charge in [0.2, 0.25) is 0 Å². The number of hydrogen-bond donors (Lipinski definition) is 3. The first-order chi connectivity index (χ1) is 12.4. The van der Waals surface area contributed by atoms with Crippen LogP contribution in [-0.2, 0) is 0 Å². The average molecular weight is 355 g/mol. The smallest absolute Gasteiger partial charge is 0.193 e. The number of Topliss-reactive ketones (excluding diaryl/α,β-unsaturated/α-hetero) is 1. The molecule has 2 rings (SSSR count). The van der Waals surface area contributed by atoms with Crippen LogP contribution in [0.25, 0.3) is 0 Å². The first-order valence-electron chi connectivity index (χ1n) is 8.67. The van der Waals surface area contributed by atoms with Gasteiger partial charge in [-0.3, -0.25) is 9.59 Å². The third kappa shape index (κ3) is 4.43. The summed E-state index contributed by atoms with van der Waals surface area (Å²) < 4.78 is 0. The number of ketones is 2. The molecule has 0 fully saturated rings. The number of carbonyl (C=O) groups is 2. The van der Waals surface area contributed by atoms with E-state index in [1.165, 1.54) is 0 Å². The van der Waals surface area contributed by atoms with Crippen molar-refractivity contribution in [2.24, 2.45) is 11.7 Å². The monoisotopic (exact) mass is 355 g/mol. The minimum Gasteiger partial charge on any atom is -0.396 e. The molecule has 0 aromatic heterocycles. The van der Waals surface area contributed by atoms with Crippen LogP contribution in [0.1, 0.15) is 46.0 Å². The molecular formula is C21H25NO4. The predicted octanol–water partition coefficient (Wildman–Crippen LogP) is 2.20. The van der Waals surface area contributed by atoms with Gasteiger partial charge in [-0.1, -0.05) is 54.6 Å². The second kappa shape index (κ2) is 8.85. The Kier molecular flexibility index (Phi) is 6.80. The lowest BCUT2D eigenvalue weighted by Gasteiger charge is -2.32. The molecule has 0 radical (unpaired) electrons. The molecule has 0 aliphatic carbocycles. The van der Waals surface area contributed by atoms with Crippen molar-refractivity contribution < 1.29 is 19.8 Å². The molecule has 0 amide bonds. The van der Waals surface area contributed by atoms with E-state index in [4.69, 9.17) is 5.73 Å². The highest BCUT2D eigenvalue weighted by atomic mass is 16.3. The second-order valence-corrected chi connectivity index (χ2v) is 6.61. The molecule has 1 unspecified atom stereocenters. The van der Waals surface area contributed by atoms with Gasteiger partial charge in [0.1, 0.15) is 0 Å². The highest BCUT2D eigenvalue weighted by Crippen LogP contribution is 2.26. The van der Waals surface area contributed by atoms with Crippen molar-refractivity contribution in [2.75, 3.05) is 13.2 Å². The maximum Gasteiger partial charge on any atom is 0.193 e. The van der Waals surface area contributed by atoms with Gasteiger partial charge >= 0.3 is 0 Å². The van der Waals surface area contributed by atoms with Gasteiger partial charge in [-0.2, -0.15) is 0 Å². The first-order valence-corrected chi connectivity index (χ1v) is 8.67. The van der Waals surface area contributed by atoms with E-state index in [9.17, 15) is 19.8 Å². The second-order valence-electron chi connectivity index (χ2n) is 6.61. The molecule has 5 heteroatoms. The summed E-state index contributed by atoms with van der Waals surface area (Å²) in [6.45, 7) is 1.42. The van der Waals surface area contributed by atoms with Gasteiger partial charge in [-0.05, 0) is 25.7 Å². The van der Waals surface area contributed by atoms with Gasteiger partial charge in [0.25, 0.3) is 0 Å². The SMILES string of the molecule is CC(N)(C(=O)c1ccc(C(=O)c2ccccc2)cc1)C(CCO)CCO. The van der Waals surface area contributed by atoms with Crippen molar-refractivity contribution >= 4 is 11.6 Å². The zero-order valence-electron chi connectivity index (χ0n) is 14.9. The summed E-state index contributed by atoms with van der Waals surface area (Å²) >= 11 is 0. The van der Waals surface area contributed by atoms with Gasteiger partial charge in [0.05, 0.1) is 5.54 Å². The fraction of sp³-hybridized carbons (Fsp3) is 0.333. The lowest BCUT2D eigenvalue weighted by atomic mass is 9.77. The van der Waals surface area contributed by atoms with Gasteiger partial charge < -0.3 is 15.9 Å². The topological polar surface area (TPSA) is 101 Å². The molecule has 138 valence electrons. The number of aliphatic hydroxyl groups excluding tert-OH is 2. The van der Waals surface area contributed by atoms with E-state index in [2.05, 4.69) is 0 Å². The maximum absolute atomic E-state index is 12.8. The summed E-state index contributed by atoms with van der Waals surface area (Å²) in [4.78, 5) is 25.3. The van der Waals surface area contributed by atoms with E-state index < -0.39 is 5.54 Å². The average Bonchev–Trinajstić information content (AvgIpc) is 2.67. The molecule has 0 spiro atoms. The van der Waals surface area contributed by atoms with Crippen molar-refractivity contribution in [3.63, 3.8) is 0 Å². The fourth-order valence-electron chi connectivity index (χ4n) is 3.08. The summed E-state index contributed by atoms with van der Waals surface area (Å²) in [7, 11) is 0. The molecule has 0 aliphatic heterocycles. The highest BCUT2D eigenvalue weighted by Gasteiger charge is 2.37. The summed E-state index contributed by atoms with van der Waals surface area (Å²) in [5.41, 5.74) is 6.53. The number of aliphatic hydroxyl groups is 2. The highest BCUT2D eigenvalue weighted by molar-refractivity contribution is 6.10. The number of hydrogen-bond acceptors (Lipinski definition) is 5. The Hall–Kier alpha value is -2.34. The van der Waals surface area contributed by atoms with E-state index in [1.807, 2.05) is 6.07 Å². The Morgan fingerprint density at radius 2 is 1.35 bits per heavy atom. The molecule has 0 aliphatic rings. The summed E-state index contributed by atoms with van der Waals surface area (Å²) in [5.74, 6) is -0.725. The summed E-state index contributed by atoms with van der Waals surface area (Å²) in [5, 5.41) is 18.4. The molecule has 2 aromatic rings. The zero-order chi connectivity index (χ0) is 19.2. The van der Waals surface area contributed by atoms with Gasteiger partial charge in [0.15, 0.2) is 11.6 Å². The predicted molar refractivity (Wildman–Crippen MR) is 100 cm³/mol. The van der Waals surface area contributed by atoms with Crippen molar-refractivity contribution in [1.82, 2.24) is 0 Å². The van der Waals surface area contributed by atoms with Crippen LogP contribution in [0, 0.1) is 5.92 Å². The molecule has 0 heterocycles. The standard InChI is InChI=1S/C21H25NO4/c1-21(22,18(11-13-23)12-14-24)20(26)17-9-7-16(8-10-17)19(25)15-5-3-2-4-6-15/h2-10,18,23-24H,11-14,22H2,1H3. The number of carbonyl (C=O) groups excluding carboxylic acids is 2. The third-order valence-corrected chi connectivity index (χ3v) is 4.74. The first kappa shape index (κ1) is 20.0. The van der Waals surface area contributed by atoms with E-state index in [0.717, 1.165) is 0 Å². The largest absolute Gasteiger partial charge is 0.396 e. The van der Waals surface area contributed by atoms with E-state index >= 15 is 0 Å². The Morgan fingerprint density at radius 1 is 0.885 bits per heavy atom. The summed E-state index contributed by atoms with van der Waals surface area (Å²) in [6, 6.07) is 15.4. The lowest BCUT2D eigenvalue weighted by Crippen LogP contribution is -2.52. The lowest BCUT2D eigenvalue weighted by molar-refractivity contribution is 0.0793. The van der Waals surface area contributed by atoms with Crippen LogP contribution in [0.4, 0.5) is 0 Å². The van der Waals surface area contributed by atoms with Crippen molar-refractivity contribution in [2.45, 2.75) is 25.3 Å². The third-order valence-electron chi connectivity index (χ3n) is 4.74. The van der Waals surface area contributed by atoms with Crippen LogP contribution in [0.2, 0.25) is 0 Å². The Morgan fingerprint density at radius 3 is 1.85 bits per heavy atom. The normalized spacial score (nSPS) is 13.4. The molecule has 5 nitrogen and oxygen atoms in total. The van der Waals surface area contributed by atoms with Gasteiger partial charge in [-0.15, -0.1) is 0 Å². The summed E-state index contributed by atoms with van der Waals surface area (Å²) in [6.07, 6.45) is 0.674. The Balaban J connectivity index is 2.21. The quantitative estimate of drug-likeness (QED) is 0.599. The number of nitrogens with two attached hydrogens (primary N) is 1. The number of rotatable bonds is 9. The molecule has 2 aromatic carbocycles. The van der Waals surface area contributed by atoms with Gasteiger partial charge in [-0.25, -0.2) is 0 Å². The van der Waals surface area contributed by atoms with E-state index in [0.29, 0.717) is 29.5 Å². The van der Waals surface area contributed by atoms with Crippen LogP contribution in [-0.4, -0.2) is 40.5 Å². The minimum absolute atomic E-state index is 0.102. The fourth-order valence-corrected chi connectivity index (χ4v) is 3.08. The molecule has 1 atom stereocenters. The van der Waals surface area contributed by atoms with Crippen molar-refractivity contribution in [3.05, 3.63) is 71.3 Å². The van der Waals surface area contributed by atoms with Crippen LogP contribution < -0.4 is 5.73 Å². The van der Waals surface area contributed by atoms with Crippen LogP contribution >= 0.6 is 0 Å².